The summed E-state index contributed by atoms with van der Waals surface area (Å²) in [5, 5.41) is 3.35. The van der Waals surface area contributed by atoms with E-state index in [0.29, 0.717) is 11.3 Å². The summed E-state index contributed by atoms with van der Waals surface area (Å²) in [5.41, 5.74) is 1.95. The number of nitrogens with zero attached hydrogens (tertiary/aromatic N) is 2. The molecule has 2 fully saturated rings. The van der Waals surface area contributed by atoms with Gasteiger partial charge in [-0.3, -0.25) is 0 Å². The molecule has 1 aliphatic carbocycles. The molecule has 0 spiro atoms. The number of nitrogens with one attached hydrogen (secondary N) is 1. The molecule has 0 amide bonds. The molecule has 94 valence electrons. The highest BCUT2D eigenvalue weighted by Crippen LogP contribution is 2.38. The third-order valence-electron chi connectivity index (χ3n) is 4.56. The third kappa shape index (κ3) is 2.25. The van der Waals surface area contributed by atoms with E-state index in [9.17, 15) is 0 Å². The van der Waals surface area contributed by atoms with E-state index in [0.717, 1.165) is 13.1 Å². The van der Waals surface area contributed by atoms with Crippen LogP contribution < -0.4 is 5.32 Å². The molecule has 0 atom stereocenters. The molecule has 1 aromatic heterocycles. The van der Waals surface area contributed by atoms with E-state index >= 15 is 0 Å². The Kier molecular flexibility index (Phi) is 2.95. The smallest absolute Gasteiger partial charge is 0.0948 e. The van der Waals surface area contributed by atoms with Gasteiger partial charge < -0.3 is 9.88 Å². The zero-order chi connectivity index (χ0) is 11.7. The quantitative estimate of drug-likeness (QED) is 0.869. The van der Waals surface area contributed by atoms with Gasteiger partial charge in [-0.1, -0.05) is 26.2 Å². The lowest BCUT2D eigenvalue weighted by Gasteiger charge is -2.36. The summed E-state index contributed by atoms with van der Waals surface area (Å²) in [6.45, 7) is 5.87. The van der Waals surface area contributed by atoms with Crippen molar-refractivity contribution in [3.63, 3.8) is 0 Å². The average molecular weight is 233 g/mol. The third-order valence-corrected chi connectivity index (χ3v) is 4.56. The van der Waals surface area contributed by atoms with Crippen molar-refractivity contribution >= 4 is 0 Å². The predicted molar refractivity (Wildman–Crippen MR) is 69.0 cm³/mol. The lowest BCUT2D eigenvalue weighted by atomic mass is 9.75. The van der Waals surface area contributed by atoms with Crippen LogP contribution in [-0.4, -0.2) is 22.6 Å². The summed E-state index contributed by atoms with van der Waals surface area (Å²) in [6.07, 6.45) is 11.1. The Labute approximate surface area is 104 Å². The Morgan fingerprint density at radius 1 is 1.35 bits per heavy atom. The van der Waals surface area contributed by atoms with Crippen molar-refractivity contribution in [1.82, 2.24) is 14.9 Å². The van der Waals surface area contributed by atoms with Gasteiger partial charge in [-0.25, -0.2) is 4.98 Å². The van der Waals surface area contributed by atoms with Crippen molar-refractivity contribution in [3.05, 3.63) is 18.2 Å². The van der Waals surface area contributed by atoms with Crippen LogP contribution in [0.5, 0.6) is 0 Å². The summed E-state index contributed by atoms with van der Waals surface area (Å²) in [6, 6.07) is 0. The lowest BCUT2D eigenvalue weighted by Crippen LogP contribution is -2.41. The van der Waals surface area contributed by atoms with Crippen molar-refractivity contribution in [2.45, 2.75) is 51.5 Å². The molecule has 3 nitrogen and oxygen atoms in total. The fourth-order valence-corrected chi connectivity index (χ4v) is 3.28. The molecule has 1 aromatic rings. The van der Waals surface area contributed by atoms with Crippen LogP contribution in [0.15, 0.2) is 12.5 Å². The van der Waals surface area contributed by atoms with Crippen LogP contribution in [-0.2, 0) is 6.54 Å². The first-order valence-corrected chi connectivity index (χ1v) is 6.98. The molecule has 1 saturated carbocycles. The number of rotatable bonds is 3. The van der Waals surface area contributed by atoms with Crippen molar-refractivity contribution in [2.24, 2.45) is 5.41 Å². The number of hydrogen-bond acceptors (Lipinski definition) is 2. The fraction of sp³-hybridized carbons (Fsp3) is 0.786. The van der Waals surface area contributed by atoms with Gasteiger partial charge in [0, 0.05) is 37.4 Å². The highest BCUT2D eigenvalue weighted by atomic mass is 15.1. The van der Waals surface area contributed by atoms with Gasteiger partial charge in [0.1, 0.15) is 0 Å². The first-order chi connectivity index (χ1) is 8.27. The Morgan fingerprint density at radius 3 is 2.76 bits per heavy atom. The van der Waals surface area contributed by atoms with Crippen LogP contribution in [0.2, 0.25) is 0 Å². The van der Waals surface area contributed by atoms with Gasteiger partial charge in [-0.15, -0.1) is 0 Å². The van der Waals surface area contributed by atoms with Gasteiger partial charge in [0.25, 0.3) is 0 Å². The lowest BCUT2D eigenvalue weighted by molar-refractivity contribution is 0.179. The van der Waals surface area contributed by atoms with E-state index in [2.05, 4.69) is 28.0 Å². The molecule has 3 rings (SSSR count). The molecule has 2 heterocycles. The molecule has 0 aromatic carbocycles. The second-order valence-electron chi connectivity index (χ2n) is 6.17. The zero-order valence-electron chi connectivity index (χ0n) is 10.8. The maximum Gasteiger partial charge on any atom is 0.0948 e. The Balaban J connectivity index is 1.73. The summed E-state index contributed by atoms with van der Waals surface area (Å²) < 4.78 is 2.41. The van der Waals surface area contributed by atoms with Crippen molar-refractivity contribution in [2.75, 3.05) is 13.1 Å². The Hall–Kier alpha value is -0.830. The SMILES string of the molecule is CC1(Cn2cncc2C2CNC2)CCCCC1. The van der Waals surface area contributed by atoms with E-state index in [1.165, 1.54) is 44.3 Å². The van der Waals surface area contributed by atoms with Crippen LogP contribution in [0, 0.1) is 5.41 Å². The Bertz CT molecular complexity index is 373. The molecule has 0 unspecified atom stereocenters. The van der Waals surface area contributed by atoms with Crippen LogP contribution in [0.3, 0.4) is 0 Å². The van der Waals surface area contributed by atoms with Gasteiger partial charge in [0.2, 0.25) is 0 Å². The molecule has 1 N–H and O–H groups in total. The molecule has 1 aliphatic heterocycles. The van der Waals surface area contributed by atoms with E-state index in [1.807, 2.05) is 6.33 Å². The minimum atomic E-state index is 0.505. The van der Waals surface area contributed by atoms with Gasteiger partial charge in [-0.2, -0.15) is 0 Å². The first kappa shape index (κ1) is 11.3. The van der Waals surface area contributed by atoms with Crippen LogP contribution in [0.4, 0.5) is 0 Å². The summed E-state index contributed by atoms with van der Waals surface area (Å²) in [4.78, 5) is 4.36. The number of aromatic nitrogens is 2. The standard InChI is InChI=1S/C14H23N3/c1-14(5-3-2-4-6-14)10-17-11-16-9-13(17)12-7-15-8-12/h9,11-12,15H,2-8,10H2,1H3. The number of imidazole rings is 1. The molecular formula is C14H23N3. The Morgan fingerprint density at radius 2 is 2.12 bits per heavy atom. The highest BCUT2D eigenvalue weighted by Gasteiger charge is 2.29. The van der Waals surface area contributed by atoms with Crippen LogP contribution in [0.25, 0.3) is 0 Å². The summed E-state index contributed by atoms with van der Waals surface area (Å²) >= 11 is 0. The summed E-state index contributed by atoms with van der Waals surface area (Å²) in [5.74, 6) is 0.699. The fourth-order valence-electron chi connectivity index (χ4n) is 3.28. The molecule has 2 aliphatic rings. The monoisotopic (exact) mass is 233 g/mol. The van der Waals surface area contributed by atoms with Gasteiger partial charge in [0.15, 0.2) is 0 Å². The van der Waals surface area contributed by atoms with Gasteiger partial charge in [0.05, 0.1) is 6.33 Å². The van der Waals surface area contributed by atoms with Gasteiger partial charge in [-0.05, 0) is 18.3 Å². The van der Waals surface area contributed by atoms with Crippen molar-refractivity contribution in [1.29, 1.82) is 0 Å². The van der Waals surface area contributed by atoms with Gasteiger partial charge >= 0.3 is 0 Å². The maximum atomic E-state index is 4.36. The van der Waals surface area contributed by atoms with E-state index in [4.69, 9.17) is 0 Å². The van der Waals surface area contributed by atoms with Crippen molar-refractivity contribution in [3.8, 4) is 0 Å². The van der Waals surface area contributed by atoms with Crippen LogP contribution >= 0.6 is 0 Å². The van der Waals surface area contributed by atoms with E-state index in [1.54, 1.807) is 0 Å². The predicted octanol–water partition coefficient (Wildman–Crippen LogP) is 2.54. The molecule has 0 bridgehead atoms. The molecule has 3 heteroatoms. The zero-order valence-corrected chi connectivity index (χ0v) is 10.8. The summed E-state index contributed by atoms with van der Waals surface area (Å²) in [7, 11) is 0. The molecule has 0 radical (unpaired) electrons. The second kappa shape index (κ2) is 4.45. The second-order valence-corrected chi connectivity index (χ2v) is 6.17. The molecule has 17 heavy (non-hydrogen) atoms. The minimum absolute atomic E-state index is 0.505. The minimum Gasteiger partial charge on any atom is -0.334 e. The molecule has 1 saturated heterocycles. The van der Waals surface area contributed by atoms with E-state index in [-0.39, 0.29) is 0 Å². The average Bonchev–Trinajstić information content (AvgIpc) is 2.64. The number of hydrogen-bond donors (Lipinski definition) is 1. The first-order valence-electron chi connectivity index (χ1n) is 6.98. The normalized spacial score (nSPS) is 24.5. The van der Waals surface area contributed by atoms with Crippen LogP contribution in [0.1, 0.15) is 50.6 Å². The molecular weight excluding hydrogens is 210 g/mol. The van der Waals surface area contributed by atoms with Crippen molar-refractivity contribution < 1.29 is 0 Å². The van der Waals surface area contributed by atoms with E-state index < -0.39 is 0 Å². The highest BCUT2D eigenvalue weighted by molar-refractivity contribution is 5.12. The topological polar surface area (TPSA) is 29.9 Å². The maximum absolute atomic E-state index is 4.36. The largest absolute Gasteiger partial charge is 0.334 e.